The second-order valence-electron chi connectivity index (χ2n) is 1.01. The Morgan fingerprint density at radius 3 is 1.86 bits per heavy atom. The molecule has 0 rings (SSSR count). The first kappa shape index (κ1) is 10.6. The zero-order valence-electron chi connectivity index (χ0n) is 3.68. The standard InChI is InChI=1S/C3H6O3.Ho/c1-2(4)3(5)6;/h2,4H,1H3,(H,5,6);. The molecule has 0 aromatic heterocycles. The van der Waals surface area contributed by atoms with Crippen molar-refractivity contribution in [1.29, 1.82) is 0 Å². The molecular formula is C3H6HoO3. The van der Waals surface area contributed by atoms with E-state index in [1.807, 2.05) is 0 Å². The van der Waals surface area contributed by atoms with Crippen LogP contribution in [-0.2, 0) is 4.79 Å². The zero-order valence-corrected chi connectivity index (χ0v) is 5.62. The van der Waals surface area contributed by atoms with Crippen molar-refractivity contribution >= 4 is 5.97 Å². The molecule has 2 N–H and O–H groups in total. The van der Waals surface area contributed by atoms with Gasteiger partial charge < -0.3 is 10.2 Å². The molecule has 1 radical (unpaired) electrons. The molecule has 0 bridgehead atoms. The SMILES string of the molecule is CC(O)C(=O)O.[Ho]. The van der Waals surface area contributed by atoms with E-state index in [0.717, 1.165) is 0 Å². The summed E-state index contributed by atoms with van der Waals surface area (Å²) in [5.41, 5.74) is 0. The first-order valence-corrected chi connectivity index (χ1v) is 1.55. The first-order valence-electron chi connectivity index (χ1n) is 1.55. The van der Waals surface area contributed by atoms with Crippen LogP contribution in [0.4, 0.5) is 0 Å². The molecule has 0 heterocycles. The van der Waals surface area contributed by atoms with Gasteiger partial charge in [0.15, 0.2) is 0 Å². The van der Waals surface area contributed by atoms with E-state index in [2.05, 4.69) is 0 Å². The maximum Gasteiger partial charge on any atom is 0.332 e. The van der Waals surface area contributed by atoms with Gasteiger partial charge in [0.2, 0.25) is 0 Å². The quantitative estimate of drug-likeness (QED) is 0.618. The number of aliphatic hydroxyl groups excluding tert-OH is 1. The van der Waals surface area contributed by atoms with Crippen LogP contribution in [-0.4, -0.2) is 22.3 Å². The summed E-state index contributed by atoms with van der Waals surface area (Å²) in [6.07, 6.45) is -1.23. The van der Waals surface area contributed by atoms with E-state index in [0.29, 0.717) is 0 Å². The van der Waals surface area contributed by atoms with Crippen molar-refractivity contribution in [1.82, 2.24) is 0 Å². The molecular weight excluding hydrogens is 249 g/mol. The van der Waals surface area contributed by atoms with Crippen molar-refractivity contribution in [3.05, 3.63) is 0 Å². The molecule has 0 saturated heterocycles. The Bertz CT molecular complexity index is 61.2. The number of carbonyl (C=O) groups is 1. The summed E-state index contributed by atoms with van der Waals surface area (Å²) in [5, 5.41) is 15.8. The average Bonchev–Trinajstić information content (AvgIpc) is 1.36. The van der Waals surface area contributed by atoms with Gasteiger partial charge in [-0.15, -0.1) is 0 Å². The van der Waals surface area contributed by atoms with Crippen LogP contribution in [0.3, 0.4) is 0 Å². The number of carboxylic acid groups (broad SMARTS) is 1. The van der Waals surface area contributed by atoms with Crippen LogP contribution in [0.15, 0.2) is 0 Å². The normalized spacial score (nSPS) is 11.7. The van der Waals surface area contributed by atoms with E-state index in [4.69, 9.17) is 10.2 Å². The molecule has 1 atom stereocenters. The van der Waals surface area contributed by atoms with Gasteiger partial charge in [0.1, 0.15) is 6.10 Å². The second-order valence-corrected chi connectivity index (χ2v) is 1.01. The van der Waals surface area contributed by atoms with Gasteiger partial charge in [0.25, 0.3) is 0 Å². The predicted molar refractivity (Wildman–Crippen MR) is 19.3 cm³/mol. The predicted octanol–water partition coefficient (Wildman–Crippen LogP) is -0.548. The minimum Gasteiger partial charge on any atom is -0.479 e. The van der Waals surface area contributed by atoms with Crippen LogP contribution in [0.1, 0.15) is 6.92 Å². The third-order valence-electron chi connectivity index (χ3n) is 0.357. The van der Waals surface area contributed by atoms with Crippen LogP contribution in [0.5, 0.6) is 0 Å². The molecule has 0 aromatic carbocycles. The molecule has 1 unspecified atom stereocenters. The molecule has 0 amide bonds. The van der Waals surface area contributed by atoms with Crippen LogP contribution in [0.2, 0.25) is 0 Å². The molecule has 0 saturated carbocycles. The van der Waals surface area contributed by atoms with E-state index in [1.165, 1.54) is 6.92 Å². The number of rotatable bonds is 1. The summed E-state index contributed by atoms with van der Waals surface area (Å²) in [4.78, 5) is 9.45. The Hall–Kier alpha value is 0.690. The fourth-order valence-corrected chi connectivity index (χ4v) is 0. The summed E-state index contributed by atoms with van der Waals surface area (Å²) in [6, 6.07) is 0. The fourth-order valence-electron chi connectivity index (χ4n) is 0. The molecule has 0 fully saturated rings. The van der Waals surface area contributed by atoms with Crippen molar-refractivity contribution in [3.8, 4) is 0 Å². The smallest absolute Gasteiger partial charge is 0.332 e. The summed E-state index contributed by atoms with van der Waals surface area (Å²) in [7, 11) is 0. The van der Waals surface area contributed by atoms with Crippen LogP contribution in [0.25, 0.3) is 0 Å². The van der Waals surface area contributed by atoms with Gasteiger partial charge in [-0.1, -0.05) is 0 Å². The van der Waals surface area contributed by atoms with Crippen molar-refractivity contribution in [2.45, 2.75) is 13.0 Å². The van der Waals surface area contributed by atoms with Crippen LogP contribution >= 0.6 is 0 Å². The summed E-state index contributed by atoms with van der Waals surface area (Å²) >= 11 is 0. The largest absolute Gasteiger partial charge is 0.479 e. The molecule has 7 heavy (non-hydrogen) atoms. The maximum atomic E-state index is 9.45. The minimum absolute atomic E-state index is 0. The number of aliphatic hydroxyl groups is 1. The van der Waals surface area contributed by atoms with Gasteiger partial charge >= 0.3 is 5.97 Å². The molecule has 0 aliphatic rings. The Labute approximate surface area is 71.3 Å². The fraction of sp³-hybridized carbons (Fsp3) is 0.667. The van der Waals surface area contributed by atoms with E-state index in [-0.39, 0.29) is 37.7 Å². The topological polar surface area (TPSA) is 57.5 Å². The molecule has 4 heteroatoms. The molecule has 0 aliphatic carbocycles. The average molecular weight is 255 g/mol. The second kappa shape index (κ2) is 4.84. The van der Waals surface area contributed by atoms with E-state index < -0.39 is 12.1 Å². The summed E-state index contributed by atoms with van der Waals surface area (Å²) in [5.74, 6) is -1.19. The Morgan fingerprint density at radius 1 is 1.71 bits per heavy atom. The number of aliphatic carboxylic acids is 1. The number of carboxylic acids is 1. The zero-order chi connectivity index (χ0) is 5.15. The first-order chi connectivity index (χ1) is 2.64. The van der Waals surface area contributed by atoms with E-state index in [1.54, 1.807) is 0 Å². The van der Waals surface area contributed by atoms with Crippen LogP contribution < -0.4 is 0 Å². The maximum absolute atomic E-state index is 9.45. The van der Waals surface area contributed by atoms with E-state index >= 15 is 0 Å². The molecule has 0 aliphatic heterocycles. The summed E-state index contributed by atoms with van der Waals surface area (Å²) < 4.78 is 0. The van der Waals surface area contributed by atoms with Gasteiger partial charge in [-0.3, -0.25) is 0 Å². The van der Waals surface area contributed by atoms with Gasteiger partial charge in [0.05, 0.1) is 0 Å². The van der Waals surface area contributed by atoms with Crippen molar-refractivity contribution < 1.29 is 52.7 Å². The van der Waals surface area contributed by atoms with Gasteiger partial charge in [-0.05, 0) is 6.92 Å². The number of hydrogen-bond donors (Lipinski definition) is 2. The van der Waals surface area contributed by atoms with Gasteiger partial charge in [-0.25, -0.2) is 4.79 Å². The minimum atomic E-state index is -1.23. The van der Waals surface area contributed by atoms with Crippen LogP contribution in [0, 0.1) is 37.7 Å². The Balaban J connectivity index is 0. The third kappa shape index (κ3) is 6.69. The van der Waals surface area contributed by atoms with Crippen molar-refractivity contribution in [3.63, 3.8) is 0 Å². The van der Waals surface area contributed by atoms with Crippen molar-refractivity contribution in [2.75, 3.05) is 0 Å². The molecule has 0 spiro atoms. The summed E-state index contributed by atoms with van der Waals surface area (Å²) in [6.45, 7) is 1.20. The molecule has 3 nitrogen and oxygen atoms in total. The van der Waals surface area contributed by atoms with Gasteiger partial charge in [0, 0.05) is 37.7 Å². The third-order valence-corrected chi connectivity index (χ3v) is 0.357. The Kier molecular flexibility index (Phi) is 7.35. The van der Waals surface area contributed by atoms with Crippen molar-refractivity contribution in [2.24, 2.45) is 0 Å². The van der Waals surface area contributed by atoms with Gasteiger partial charge in [-0.2, -0.15) is 0 Å². The Morgan fingerprint density at radius 2 is 1.86 bits per heavy atom. The molecule has 0 aromatic rings. The molecule has 47 valence electrons. The van der Waals surface area contributed by atoms with E-state index in [9.17, 15) is 4.79 Å². The number of hydrogen-bond acceptors (Lipinski definition) is 2. The monoisotopic (exact) mass is 255 g/mol.